The van der Waals surface area contributed by atoms with Crippen LogP contribution in [-0.2, 0) is 6.42 Å². The van der Waals surface area contributed by atoms with Crippen molar-refractivity contribution >= 4 is 0 Å². The molecule has 14 heavy (non-hydrogen) atoms. The van der Waals surface area contributed by atoms with E-state index in [0.717, 1.165) is 38.2 Å². The fraction of sp³-hybridized carbons (Fsp3) is 0.778. The number of hydrogen-bond donors (Lipinski definition) is 2. The quantitative estimate of drug-likeness (QED) is 0.637. The summed E-state index contributed by atoms with van der Waals surface area (Å²) in [7, 11) is 0. The van der Waals surface area contributed by atoms with Gasteiger partial charge in [-0.05, 0) is 12.8 Å². The van der Waals surface area contributed by atoms with Gasteiger partial charge in [-0.15, -0.1) is 10.2 Å². The summed E-state index contributed by atoms with van der Waals surface area (Å²) in [6.07, 6.45) is 4.54. The largest absolute Gasteiger partial charge is 0.396 e. The lowest BCUT2D eigenvalue weighted by Crippen LogP contribution is -2.43. The SMILES string of the molecule is OCCCCc1nncn1C1CNC1. The number of rotatable bonds is 5. The Bertz CT molecular complexity index is 282. The molecule has 0 bridgehead atoms. The predicted molar refractivity (Wildman–Crippen MR) is 52.0 cm³/mol. The third kappa shape index (κ3) is 1.93. The van der Waals surface area contributed by atoms with E-state index in [4.69, 9.17) is 5.11 Å². The van der Waals surface area contributed by atoms with Crippen LogP contribution >= 0.6 is 0 Å². The third-order valence-electron chi connectivity index (χ3n) is 2.61. The van der Waals surface area contributed by atoms with Gasteiger partial charge in [0, 0.05) is 26.1 Å². The van der Waals surface area contributed by atoms with E-state index in [1.807, 2.05) is 0 Å². The molecule has 1 aromatic heterocycles. The van der Waals surface area contributed by atoms with E-state index < -0.39 is 0 Å². The molecule has 0 amide bonds. The normalized spacial score (nSPS) is 16.9. The molecule has 1 aliphatic heterocycles. The molecule has 2 heterocycles. The molecule has 0 atom stereocenters. The van der Waals surface area contributed by atoms with Crippen LogP contribution in [-0.4, -0.2) is 39.6 Å². The van der Waals surface area contributed by atoms with E-state index in [-0.39, 0.29) is 6.61 Å². The molecule has 0 aromatic carbocycles. The van der Waals surface area contributed by atoms with Crippen molar-refractivity contribution < 1.29 is 5.11 Å². The van der Waals surface area contributed by atoms with Crippen LogP contribution in [0, 0.1) is 0 Å². The van der Waals surface area contributed by atoms with Crippen molar-refractivity contribution in [1.82, 2.24) is 20.1 Å². The minimum atomic E-state index is 0.263. The Morgan fingerprint density at radius 1 is 1.50 bits per heavy atom. The van der Waals surface area contributed by atoms with Gasteiger partial charge in [-0.2, -0.15) is 0 Å². The summed E-state index contributed by atoms with van der Waals surface area (Å²) >= 11 is 0. The first-order chi connectivity index (χ1) is 6.92. The highest BCUT2D eigenvalue weighted by atomic mass is 16.2. The molecule has 5 heteroatoms. The highest BCUT2D eigenvalue weighted by molar-refractivity contribution is 4.94. The molecule has 1 saturated heterocycles. The molecule has 0 spiro atoms. The average Bonchev–Trinajstić information content (AvgIpc) is 2.51. The molecule has 0 radical (unpaired) electrons. The number of aliphatic hydroxyl groups excluding tert-OH is 1. The van der Waals surface area contributed by atoms with Gasteiger partial charge in [0.15, 0.2) is 0 Å². The van der Waals surface area contributed by atoms with E-state index in [9.17, 15) is 0 Å². The average molecular weight is 196 g/mol. The van der Waals surface area contributed by atoms with Gasteiger partial charge >= 0.3 is 0 Å². The van der Waals surface area contributed by atoms with Crippen molar-refractivity contribution in [2.75, 3.05) is 19.7 Å². The highest BCUT2D eigenvalue weighted by Crippen LogP contribution is 2.14. The van der Waals surface area contributed by atoms with Crippen LogP contribution in [0.3, 0.4) is 0 Å². The number of nitrogens with zero attached hydrogens (tertiary/aromatic N) is 3. The van der Waals surface area contributed by atoms with Crippen LogP contribution in [0.5, 0.6) is 0 Å². The van der Waals surface area contributed by atoms with Crippen LogP contribution in [0.15, 0.2) is 6.33 Å². The number of hydrogen-bond acceptors (Lipinski definition) is 4. The number of aromatic nitrogens is 3. The molecule has 1 aliphatic rings. The molecule has 1 fully saturated rings. The molecular formula is C9H16N4O. The second-order valence-corrected chi connectivity index (χ2v) is 3.65. The number of nitrogens with one attached hydrogen (secondary N) is 1. The van der Waals surface area contributed by atoms with Gasteiger partial charge in [-0.25, -0.2) is 0 Å². The van der Waals surface area contributed by atoms with Crippen molar-refractivity contribution in [2.45, 2.75) is 25.3 Å². The van der Waals surface area contributed by atoms with Crippen molar-refractivity contribution in [3.8, 4) is 0 Å². The summed E-state index contributed by atoms with van der Waals surface area (Å²) in [5, 5.41) is 19.9. The van der Waals surface area contributed by atoms with E-state index in [1.54, 1.807) is 6.33 Å². The number of unbranched alkanes of at least 4 members (excludes halogenated alkanes) is 1. The lowest BCUT2D eigenvalue weighted by molar-refractivity contribution is 0.282. The minimum Gasteiger partial charge on any atom is -0.396 e. The summed E-state index contributed by atoms with van der Waals surface area (Å²) in [6.45, 7) is 2.30. The van der Waals surface area contributed by atoms with Crippen LogP contribution in [0.1, 0.15) is 24.7 Å². The predicted octanol–water partition coefficient (Wildman–Crippen LogP) is -0.263. The Morgan fingerprint density at radius 3 is 3.00 bits per heavy atom. The van der Waals surface area contributed by atoms with Gasteiger partial charge in [0.25, 0.3) is 0 Å². The first-order valence-corrected chi connectivity index (χ1v) is 5.12. The lowest BCUT2D eigenvalue weighted by atomic mass is 10.1. The van der Waals surface area contributed by atoms with Gasteiger partial charge in [0.05, 0.1) is 6.04 Å². The van der Waals surface area contributed by atoms with Gasteiger partial charge < -0.3 is 15.0 Å². The third-order valence-corrected chi connectivity index (χ3v) is 2.61. The Kier molecular flexibility index (Phi) is 3.10. The standard InChI is InChI=1S/C9H16N4O/c14-4-2-1-3-9-12-11-7-13(9)8-5-10-6-8/h7-8,10,14H,1-6H2. The maximum absolute atomic E-state index is 8.68. The van der Waals surface area contributed by atoms with E-state index in [2.05, 4.69) is 20.1 Å². The molecule has 5 nitrogen and oxygen atoms in total. The maximum atomic E-state index is 8.68. The Balaban J connectivity index is 1.91. The van der Waals surface area contributed by atoms with Crippen LogP contribution in [0.4, 0.5) is 0 Å². The van der Waals surface area contributed by atoms with Gasteiger partial charge in [0.2, 0.25) is 0 Å². The van der Waals surface area contributed by atoms with Gasteiger partial charge in [0.1, 0.15) is 12.2 Å². The summed E-state index contributed by atoms with van der Waals surface area (Å²) in [5.41, 5.74) is 0. The van der Waals surface area contributed by atoms with Crippen molar-refractivity contribution in [3.63, 3.8) is 0 Å². The van der Waals surface area contributed by atoms with Gasteiger partial charge in [-0.1, -0.05) is 0 Å². The van der Waals surface area contributed by atoms with Crippen molar-refractivity contribution in [3.05, 3.63) is 12.2 Å². The maximum Gasteiger partial charge on any atom is 0.133 e. The topological polar surface area (TPSA) is 63.0 Å². The molecular weight excluding hydrogens is 180 g/mol. The monoisotopic (exact) mass is 196 g/mol. The lowest BCUT2D eigenvalue weighted by Gasteiger charge is -2.29. The highest BCUT2D eigenvalue weighted by Gasteiger charge is 2.20. The van der Waals surface area contributed by atoms with Crippen molar-refractivity contribution in [1.29, 1.82) is 0 Å². The van der Waals surface area contributed by atoms with Crippen LogP contribution in [0.2, 0.25) is 0 Å². The van der Waals surface area contributed by atoms with Crippen LogP contribution in [0.25, 0.3) is 0 Å². The molecule has 0 unspecified atom stereocenters. The Morgan fingerprint density at radius 2 is 2.36 bits per heavy atom. The van der Waals surface area contributed by atoms with E-state index >= 15 is 0 Å². The first-order valence-electron chi connectivity index (χ1n) is 5.12. The fourth-order valence-electron chi connectivity index (χ4n) is 1.62. The second kappa shape index (κ2) is 4.52. The molecule has 1 aromatic rings. The summed E-state index contributed by atoms with van der Waals surface area (Å²) in [5.74, 6) is 1.05. The second-order valence-electron chi connectivity index (χ2n) is 3.65. The first kappa shape index (κ1) is 9.61. The molecule has 78 valence electrons. The number of aryl methyl sites for hydroxylation is 1. The molecule has 2 N–H and O–H groups in total. The van der Waals surface area contributed by atoms with E-state index in [0.29, 0.717) is 6.04 Å². The Labute approximate surface area is 83.2 Å². The smallest absolute Gasteiger partial charge is 0.133 e. The van der Waals surface area contributed by atoms with Crippen molar-refractivity contribution in [2.24, 2.45) is 0 Å². The molecule has 0 aliphatic carbocycles. The fourth-order valence-corrected chi connectivity index (χ4v) is 1.62. The number of aliphatic hydroxyl groups is 1. The zero-order valence-corrected chi connectivity index (χ0v) is 8.19. The summed E-state index contributed by atoms with van der Waals surface area (Å²) in [6, 6.07) is 0.536. The van der Waals surface area contributed by atoms with Crippen LogP contribution < -0.4 is 5.32 Å². The van der Waals surface area contributed by atoms with E-state index in [1.165, 1.54) is 0 Å². The summed E-state index contributed by atoms with van der Waals surface area (Å²) in [4.78, 5) is 0. The zero-order valence-electron chi connectivity index (χ0n) is 8.19. The molecule has 2 rings (SSSR count). The van der Waals surface area contributed by atoms with Gasteiger partial charge in [-0.3, -0.25) is 0 Å². The zero-order chi connectivity index (χ0) is 9.80. The Hall–Kier alpha value is -0.940. The molecule has 0 saturated carbocycles. The summed E-state index contributed by atoms with van der Waals surface area (Å²) < 4.78 is 2.15. The minimum absolute atomic E-state index is 0.263.